The van der Waals surface area contributed by atoms with Crippen LogP contribution in [0, 0.1) is 0 Å². The van der Waals surface area contributed by atoms with Gasteiger partial charge in [0.2, 0.25) is 5.91 Å². The second-order valence-electron chi connectivity index (χ2n) is 5.85. The minimum atomic E-state index is -4.58. The number of carbonyl (C=O) groups excluding carboxylic acids is 1. The summed E-state index contributed by atoms with van der Waals surface area (Å²) in [6.07, 6.45) is -4.50. The Morgan fingerprint density at radius 1 is 1.36 bits per heavy atom. The quantitative estimate of drug-likeness (QED) is 0.848. The van der Waals surface area contributed by atoms with Crippen molar-refractivity contribution in [2.45, 2.75) is 45.1 Å². The summed E-state index contributed by atoms with van der Waals surface area (Å²) in [7, 11) is 3.24. The Balaban J connectivity index is 2.38. The number of halogens is 3. The average molecular weight is 319 g/mol. The molecule has 6 nitrogen and oxygen atoms in total. The molecule has 2 rings (SSSR count). The van der Waals surface area contributed by atoms with Crippen molar-refractivity contribution in [3.63, 3.8) is 0 Å². The van der Waals surface area contributed by atoms with E-state index in [0.717, 1.165) is 0 Å². The van der Waals surface area contributed by atoms with Crippen molar-refractivity contribution in [3.05, 3.63) is 11.6 Å². The first-order valence-corrected chi connectivity index (χ1v) is 7.09. The maximum Gasteiger partial charge on any atom is 0.453 e. The first kappa shape index (κ1) is 16.7. The Morgan fingerprint density at radius 2 is 2.00 bits per heavy atom. The first-order valence-electron chi connectivity index (χ1n) is 7.09. The number of carbonyl (C=O) groups is 1. The third kappa shape index (κ3) is 3.23. The largest absolute Gasteiger partial charge is 0.453 e. The zero-order valence-electron chi connectivity index (χ0n) is 13.1. The SMILES string of the molecule is CC(C)N1CCn2nc(C(F)(F)F)nc2C1CC(=O)N(C)C. The van der Waals surface area contributed by atoms with E-state index in [4.69, 9.17) is 0 Å². The predicted molar refractivity (Wildman–Crippen MR) is 72.9 cm³/mol. The molecule has 0 saturated carbocycles. The highest BCUT2D eigenvalue weighted by Gasteiger charge is 2.41. The van der Waals surface area contributed by atoms with E-state index in [1.54, 1.807) is 14.1 Å². The molecule has 0 aromatic carbocycles. The molecule has 1 unspecified atom stereocenters. The molecule has 1 aliphatic rings. The van der Waals surface area contributed by atoms with E-state index < -0.39 is 18.0 Å². The molecule has 0 N–H and O–H groups in total. The summed E-state index contributed by atoms with van der Waals surface area (Å²) in [6.45, 7) is 4.77. The topological polar surface area (TPSA) is 54.3 Å². The average Bonchev–Trinajstić information content (AvgIpc) is 2.82. The summed E-state index contributed by atoms with van der Waals surface area (Å²) >= 11 is 0. The highest BCUT2D eigenvalue weighted by Crippen LogP contribution is 2.33. The summed E-state index contributed by atoms with van der Waals surface area (Å²) in [5.41, 5.74) is 0. The number of hydrogen-bond donors (Lipinski definition) is 0. The molecule has 1 atom stereocenters. The van der Waals surface area contributed by atoms with Crippen molar-refractivity contribution in [2.24, 2.45) is 0 Å². The van der Waals surface area contributed by atoms with Crippen LogP contribution in [-0.4, -0.2) is 57.2 Å². The van der Waals surface area contributed by atoms with Gasteiger partial charge in [-0.3, -0.25) is 9.69 Å². The molecule has 0 aliphatic carbocycles. The Bertz CT molecular complexity index is 552. The van der Waals surface area contributed by atoms with Crippen molar-refractivity contribution in [2.75, 3.05) is 20.6 Å². The molecule has 22 heavy (non-hydrogen) atoms. The molecule has 1 aromatic heterocycles. The monoisotopic (exact) mass is 319 g/mol. The lowest BCUT2D eigenvalue weighted by Crippen LogP contribution is -2.44. The fourth-order valence-corrected chi connectivity index (χ4v) is 2.57. The summed E-state index contributed by atoms with van der Waals surface area (Å²) in [5.74, 6) is -1.08. The molecule has 0 radical (unpaired) electrons. The zero-order chi connectivity index (χ0) is 16.7. The van der Waals surface area contributed by atoms with Gasteiger partial charge in [-0.15, -0.1) is 5.10 Å². The third-order valence-electron chi connectivity index (χ3n) is 3.75. The van der Waals surface area contributed by atoms with E-state index in [1.807, 2.05) is 18.7 Å². The number of hydrogen-bond acceptors (Lipinski definition) is 4. The summed E-state index contributed by atoms with van der Waals surface area (Å²) in [5, 5.41) is 3.55. The van der Waals surface area contributed by atoms with Gasteiger partial charge in [-0.25, -0.2) is 9.67 Å². The predicted octanol–water partition coefficient (Wildman–Crippen LogP) is 1.54. The van der Waals surface area contributed by atoms with Crippen LogP contribution in [0.5, 0.6) is 0 Å². The fraction of sp³-hybridized carbons (Fsp3) is 0.769. The molecule has 124 valence electrons. The van der Waals surface area contributed by atoms with Gasteiger partial charge in [-0.2, -0.15) is 13.2 Å². The first-order chi connectivity index (χ1) is 10.1. The van der Waals surface area contributed by atoms with Gasteiger partial charge in [0.05, 0.1) is 12.6 Å². The maximum atomic E-state index is 12.8. The molecule has 0 fully saturated rings. The number of amides is 1. The highest BCUT2D eigenvalue weighted by atomic mass is 19.4. The second-order valence-corrected chi connectivity index (χ2v) is 5.85. The minimum absolute atomic E-state index is 0.0845. The van der Waals surface area contributed by atoms with Gasteiger partial charge in [0.25, 0.3) is 5.82 Å². The van der Waals surface area contributed by atoms with E-state index in [1.165, 1.54) is 9.58 Å². The van der Waals surface area contributed by atoms with Gasteiger partial charge in [-0.1, -0.05) is 0 Å². The summed E-state index contributed by atoms with van der Waals surface area (Å²) in [4.78, 5) is 19.1. The van der Waals surface area contributed by atoms with Gasteiger partial charge < -0.3 is 4.90 Å². The fourth-order valence-electron chi connectivity index (χ4n) is 2.57. The van der Waals surface area contributed by atoms with Crippen LogP contribution in [0.1, 0.15) is 38.0 Å². The Kier molecular flexibility index (Phi) is 4.46. The van der Waals surface area contributed by atoms with Crippen LogP contribution in [0.25, 0.3) is 0 Å². The van der Waals surface area contributed by atoms with E-state index in [-0.39, 0.29) is 24.2 Å². The van der Waals surface area contributed by atoms with Crippen molar-refractivity contribution in [3.8, 4) is 0 Å². The molecule has 9 heteroatoms. The highest BCUT2D eigenvalue weighted by molar-refractivity contribution is 5.76. The zero-order valence-corrected chi connectivity index (χ0v) is 13.1. The van der Waals surface area contributed by atoms with Gasteiger partial charge >= 0.3 is 6.18 Å². The van der Waals surface area contributed by atoms with E-state index in [2.05, 4.69) is 10.1 Å². The van der Waals surface area contributed by atoms with Crippen LogP contribution in [-0.2, 0) is 17.5 Å². The smallest absolute Gasteiger partial charge is 0.349 e. The van der Waals surface area contributed by atoms with E-state index in [0.29, 0.717) is 13.1 Å². The van der Waals surface area contributed by atoms with Gasteiger partial charge in [0.1, 0.15) is 5.82 Å². The number of rotatable bonds is 3. The Morgan fingerprint density at radius 3 is 2.50 bits per heavy atom. The molecular weight excluding hydrogens is 299 g/mol. The summed E-state index contributed by atoms with van der Waals surface area (Å²) in [6, 6.07) is -0.396. The molecule has 0 spiro atoms. The van der Waals surface area contributed by atoms with Crippen LogP contribution in [0.4, 0.5) is 13.2 Å². The van der Waals surface area contributed by atoms with Gasteiger partial charge in [0.15, 0.2) is 0 Å². The third-order valence-corrected chi connectivity index (χ3v) is 3.75. The lowest BCUT2D eigenvalue weighted by atomic mass is 10.1. The maximum absolute atomic E-state index is 12.8. The summed E-state index contributed by atoms with van der Waals surface area (Å²) < 4.78 is 39.7. The Labute approximate surface area is 126 Å². The number of alkyl halides is 3. The van der Waals surface area contributed by atoms with Crippen LogP contribution in [0.3, 0.4) is 0 Å². The van der Waals surface area contributed by atoms with Crippen LogP contribution in [0.15, 0.2) is 0 Å². The molecular formula is C13H20F3N5O. The van der Waals surface area contributed by atoms with Crippen LogP contribution in [0.2, 0.25) is 0 Å². The minimum Gasteiger partial charge on any atom is -0.349 e. The van der Waals surface area contributed by atoms with Crippen molar-refractivity contribution < 1.29 is 18.0 Å². The van der Waals surface area contributed by atoms with E-state index >= 15 is 0 Å². The molecule has 1 amide bonds. The lowest BCUT2D eigenvalue weighted by Gasteiger charge is -2.37. The van der Waals surface area contributed by atoms with Crippen molar-refractivity contribution in [1.82, 2.24) is 24.6 Å². The molecule has 1 aliphatic heterocycles. The van der Waals surface area contributed by atoms with Crippen molar-refractivity contribution >= 4 is 5.91 Å². The lowest BCUT2D eigenvalue weighted by molar-refractivity contribution is -0.145. The molecule has 0 saturated heterocycles. The van der Waals surface area contributed by atoms with Crippen LogP contribution < -0.4 is 0 Å². The number of aromatic nitrogens is 3. The van der Waals surface area contributed by atoms with Gasteiger partial charge in [0, 0.05) is 33.1 Å². The normalized spacial score (nSPS) is 19.4. The number of fused-ring (bicyclic) bond motifs is 1. The molecule has 2 heterocycles. The van der Waals surface area contributed by atoms with Crippen molar-refractivity contribution in [1.29, 1.82) is 0 Å². The second kappa shape index (κ2) is 5.86. The molecule has 1 aromatic rings. The van der Waals surface area contributed by atoms with Crippen LogP contribution >= 0.6 is 0 Å². The standard InChI is InChI=1S/C13H20F3N5O/c1-8(2)20-5-6-21-11(9(20)7-10(22)19(3)4)17-12(18-21)13(14,15)16/h8-9H,5-7H2,1-4H3. The molecule has 0 bridgehead atoms. The van der Waals surface area contributed by atoms with Gasteiger partial charge in [-0.05, 0) is 13.8 Å². The van der Waals surface area contributed by atoms with E-state index in [9.17, 15) is 18.0 Å². The number of nitrogens with zero attached hydrogens (tertiary/aromatic N) is 5. The Hall–Kier alpha value is -1.64.